The van der Waals surface area contributed by atoms with Crippen molar-refractivity contribution in [1.82, 2.24) is 19.4 Å². The summed E-state index contributed by atoms with van der Waals surface area (Å²) in [4.78, 5) is 20.6. The Bertz CT molecular complexity index is 496. The molecule has 0 radical (unpaired) electrons. The van der Waals surface area contributed by atoms with Gasteiger partial charge in [0.2, 0.25) is 5.91 Å². The van der Waals surface area contributed by atoms with Gasteiger partial charge in [0.1, 0.15) is 0 Å². The lowest BCUT2D eigenvalue weighted by Gasteiger charge is -2.44. The van der Waals surface area contributed by atoms with Gasteiger partial charge in [0.05, 0.1) is 18.7 Å². The lowest BCUT2D eigenvalue weighted by Crippen LogP contribution is -2.58. The van der Waals surface area contributed by atoms with E-state index >= 15 is 0 Å². The summed E-state index contributed by atoms with van der Waals surface area (Å²) in [7, 11) is 0. The van der Waals surface area contributed by atoms with E-state index in [0.717, 1.165) is 25.5 Å². The first-order valence-corrected chi connectivity index (χ1v) is 7.61. The van der Waals surface area contributed by atoms with Crippen LogP contribution in [0.15, 0.2) is 25.2 Å². The number of imidazole rings is 1. The van der Waals surface area contributed by atoms with E-state index in [2.05, 4.69) is 54.9 Å². The maximum Gasteiger partial charge on any atom is 0.246 e. The predicted octanol–water partition coefficient (Wildman–Crippen LogP) is 2.07. The molecule has 116 valence electrons. The molecule has 0 N–H and O–H groups in total. The second kappa shape index (κ2) is 6.43. The quantitative estimate of drug-likeness (QED) is 0.797. The van der Waals surface area contributed by atoms with Crippen LogP contribution in [0.5, 0.6) is 0 Å². The number of aromatic nitrogens is 2. The fourth-order valence-electron chi connectivity index (χ4n) is 3.07. The van der Waals surface area contributed by atoms with Gasteiger partial charge in [-0.25, -0.2) is 4.98 Å². The molecule has 1 fully saturated rings. The molecule has 21 heavy (non-hydrogen) atoms. The number of nitrogens with zero attached hydrogens (tertiary/aromatic N) is 4. The molecule has 5 nitrogen and oxygen atoms in total. The maximum absolute atomic E-state index is 11.9. The molecule has 1 aliphatic heterocycles. The van der Waals surface area contributed by atoms with Crippen molar-refractivity contribution in [2.24, 2.45) is 0 Å². The maximum atomic E-state index is 11.9. The van der Waals surface area contributed by atoms with Crippen LogP contribution in [0.2, 0.25) is 0 Å². The number of carbonyl (C=O) groups is 1. The van der Waals surface area contributed by atoms with Gasteiger partial charge in [-0.15, -0.1) is 0 Å². The summed E-state index contributed by atoms with van der Waals surface area (Å²) in [6.45, 7) is 14.7. The first-order chi connectivity index (χ1) is 9.92. The van der Waals surface area contributed by atoms with Gasteiger partial charge in [0, 0.05) is 31.4 Å². The Balaban J connectivity index is 2.00. The zero-order valence-corrected chi connectivity index (χ0v) is 13.5. The highest BCUT2D eigenvalue weighted by Crippen LogP contribution is 2.18. The molecule has 0 spiro atoms. The van der Waals surface area contributed by atoms with E-state index in [1.54, 1.807) is 0 Å². The second-order valence-electron chi connectivity index (χ2n) is 6.29. The van der Waals surface area contributed by atoms with Gasteiger partial charge in [0.25, 0.3) is 0 Å². The minimum Gasteiger partial charge on any atom is -0.331 e. The summed E-state index contributed by atoms with van der Waals surface area (Å²) < 4.78 is 2.12. The molecule has 1 saturated heterocycles. The van der Waals surface area contributed by atoms with E-state index in [1.807, 2.05) is 11.2 Å². The van der Waals surface area contributed by atoms with E-state index in [-0.39, 0.29) is 18.0 Å². The molecule has 1 aromatic heterocycles. The van der Waals surface area contributed by atoms with Crippen LogP contribution < -0.4 is 0 Å². The molecule has 0 bridgehead atoms. The fraction of sp³-hybridized carbons (Fsp3) is 0.625. The summed E-state index contributed by atoms with van der Waals surface area (Å²) in [5.74, 6) is 0.477. The topological polar surface area (TPSA) is 41.4 Å². The molecule has 0 unspecified atom stereocenters. The third-order valence-electron chi connectivity index (χ3n) is 4.03. The van der Waals surface area contributed by atoms with Crippen LogP contribution in [0.1, 0.15) is 39.3 Å². The van der Waals surface area contributed by atoms with Crippen molar-refractivity contribution in [3.05, 3.63) is 30.9 Å². The number of piperazine rings is 1. The van der Waals surface area contributed by atoms with Crippen LogP contribution in [-0.4, -0.2) is 50.4 Å². The molecule has 0 saturated carbocycles. The highest BCUT2D eigenvalue weighted by Gasteiger charge is 2.31. The van der Waals surface area contributed by atoms with Crippen molar-refractivity contribution in [2.75, 3.05) is 13.1 Å². The van der Waals surface area contributed by atoms with Crippen molar-refractivity contribution < 1.29 is 4.79 Å². The molecule has 1 aliphatic rings. The number of carbonyl (C=O) groups excluding carboxylic acids is 1. The zero-order chi connectivity index (χ0) is 15.6. The minimum absolute atomic E-state index is 0.0272. The standard InChI is InChI=1S/C16H26N4O/c1-6-16(21)20-13(4)7-18(8-14(20)5)11-19-9-15(12(2)3)17-10-19/h6,9-10,12-14H,1,7-8,11H2,2-5H3/t13-,14+. The fourth-order valence-corrected chi connectivity index (χ4v) is 3.07. The summed E-state index contributed by atoms with van der Waals surface area (Å²) in [6, 6.07) is 0.402. The van der Waals surface area contributed by atoms with Gasteiger partial charge in [-0.3, -0.25) is 9.69 Å². The highest BCUT2D eigenvalue weighted by atomic mass is 16.2. The molecule has 2 heterocycles. The first-order valence-electron chi connectivity index (χ1n) is 7.61. The Kier molecular flexibility index (Phi) is 4.83. The monoisotopic (exact) mass is 290 g/mol. The van der Waals surface area contributed by atoms with E-state index in [0.29, 0.717) is 5.92 Å². The van der Waals surface area contributed by atoms with Crippen LogP contribution >= 0.6 is 0 Å². The average molecular weight is 290 g/mol. The first kappa shape index (κ1) is 15.8. The van der Waals surface area contributed by atoms with Crippen LogP contribution in [-0.2, 0) is 11.5 Å². The van der Waals surface area contributed by atoms with Crippen molar-refractivity contribution in [3.8, 4) is 0 Å². The number of hydrogen-bond donors (Lipinski definition) is 0. The Morgan fingerprint density at radius 1 is 1.43 bits per heavy atom. The summed E-state index contributed by atoms with van der Waals surface area (Å²) in [6.07, 6.45) is 5.42. The van der Waals surface area contributed by atoms with Crippen LogP contribution in [0, 0.1) is 0 Å². The van der Waals surface area contributed by atoms with Crippen molar-refractivity contribution in [1.29, 1.82) is 0 Å². The summed E-state index contributed by atoms with van der Waals surface area (Å²) in [5, 5.41) is 0. The van der Waals surface area contributed by atoms with Crippen molar-refractivity contribution in [3.63, 3.8) is 0 Å². The Morgan fingerprint density at radius 2 is 2.05 bits per heavy atom. The molecule has 1 amide bonds. The molecule has 5 heteroatoms. The predicted molar refractivity (Wildman–Crippen MR) is 83.9 cm³/mol. The van der Waals surface area contributed by atoms with Gasteiger partial charge in [-0.1, -0.05) is 20.4 Å². The van der Waals surface area contributed by atoms with E-state index in [4.69, 9.17) is 0 Å². The molecule has 0 aliphatic carbocycles. The van der Waals surface area contributed by atoms with Crippen molar-refractivity contribution >= 4 is 5.91 Å². The van der Waals surface area contributed by atoms with Gasteiger partial charge >= 0.3 is 0 Å². The normalized spacial score (nSPS) is 23.6. The number of rotatable bonds is 4. The second-order valence-corrected chi connectivity index (χ2v) is 6.29. The van der Waals surface area contributed by atoms with Crippen LogP contribution in [0.3, 0.4) is 0 Å². The molecule has 2 rings (SSSR count). The minimum atomic E-state index is 0.0272. The third-order valence-corrected chi connectivity index (χ3v) is 4.03. The molecular formula is C16H26N4O. The Hall–Kier alpha value is -1.62. The number of amides is 1. The van der Waals surface area contributed by atoms with Crippen LogP contribution in [0.25, 0.3) is 0 Å². The summed E-state index contributed by atoms with van der Waals surface area (Å²) >= 11 is 0. The largest absolute Gasteiger partial charge is 0.331 e. The SMILES string of the molecule is C=CC(=O)N1[C@H](C)CN(Cn2cnc(C(C)C)c2)C[C@@H]1C. The van der Waals surface area contributed by atoms with Crippen molar-refractivity contribution in [2.45, 2.75) is 52.4 Å². The van der Waals surface area contributed by atoms with Crippen LogP contribution in [0.4, 0.5) is 0 Å². The zero-order valence-electron chi connectivity index (χ0n) is 13.5. The Labute approximate surface area is 127 Å². The van der Waals surface area contributed by atoms with E-state index in [1.165, 1.54) is 6.08 Å². The highest BCUT2D eigenvalue weighted by molar-refractivity contribution is 5.87. The Morgan fingerprint density at radius 3 is 2.52 bits per heavy atom. The smallest absolute Gasteiger partial charge is 0.246 e. The lowest BCUT2D eigenvalue weighted by atomic mass is 10.1. The van der Waals surface area contributed by atoms with Gasteiger partial charge in [-0.2, -0.15) is 0 Å². The van der Waals surface area contributed by atoms with Gasteiger partial charge in [0.15, 0.2) is 0 Å². The number of hydrogen-bond acceptors (Lipinski definition) is 3. The molecular weight excluding hydrogens is 264 g/mol. The molecule has 1 aromatic rings. The van der Waals surface area contributed by atoms with Gasteiger partial charge in [-0.05, 0) is 25.8 Å². The van der Waals surface area contributed by atoms with E-state index in [9.17, 15) is 4.79 Å². The average Bonchev–Trinajstić information content (AvgIpc) is 2.86. The molecule has 2 atom stereocenters. The summed E-state index contributed by atoms with van der Waals surface area (Å²) in [5.41, 5.74) is 1.12. The molecule has 0 aromatic carbocycles. The van der Waals surface area contributed by atoms with Gasteiger partial charge < -0.3 is 9.47 Å². The van der Waals surface area contributed by atoms with E-state index < -0.39 is 0 Å². The third kappa shape index (κ3) is 3.53. The lowest BCUT2D eigenvalue weighted by molar-refractivity contribution is -0.134.